The summed E-state index contributed by atoms with van der Waals surface area (Å²) in [6.07, 6.45) is 0.0788. The fourth-order valence-corrected chi connectivity index (χ4v) is 2.27. The van der Waals surface area contributed by atoms with Crippen LogP contribution in [0.1, 0.15) is 22.8 Å². The summed E-state index contributed by atoms with van der Waals surface area (Å²) in [7, 11) is 1.65. The molecule has 2 rings (SSSR count). The summed E-state index contributed by atoms with van der Waals surface area (Å²) in [6.45, 7) is 1.99. The van der Waals surface area contributed by atoms with E-state index < -0.39 is 6.10 Å². The van der Waals surface area contributed by atoms with Crippen LogP contribution in [-0.4, -0.2) is 12.2 Å². The standard InChI is InChI=1S/C16H17BrO2/c1-11-3-6-13(10-16(11)19-2)15(18)9-12-4-7-14(17)8-5-12/h3-8,10,15,18H,9H2,1-2H3. The number of methoxy groups -OCH3 is 1. The topological polar surface area (TPSA) is 29.5 Å². The lowest BCUT2D eigenvalue weighted by Gasteiger charge is -2.13. The number of halogens is 1. The zero-order valence-corrected chi connectivity index (χ0v) is 12.6. The summed E-state index contributed by atoms with van der Waals surface area (Å²) in [4.78, 5) is 0. The molecule has 2 nitrogen and oxygen atoms in total. The van der Waals surface area contributed by atoms with Crippen LogP contribution < -0.4 is 4.74 Å². The molecule has 0 heterocycles. The average Bonchev–Trinajstić information content (AvgIpc) is 2.42. The Morgan fingerprint density at radius 1 is 1.16 bits per heavy atom. The van der Waals surface area contributed by atoms with Gasteiger partial charge in [-0.1, -0.05) is 40.2 Å². The van der Waals surface area contributed by atoms with Crippen LogP contribution in [0.2, 0.25) is 0 Å². The molecule has 19 heavy (non-hydrogen) atoms. The molecule has 1 atom stereocenters. The van der Waals surface area contributed by atoms with Crippen LogP contribution in [-0.2, 0) is 6.42 Å². The molecule has 0 bridgehead atoms. The molecule has 0 fully saturated rings. The minimum absolute atomic E-state index is 0.518. The number of hydrogen-bond donors (Lipinski definition) is 1. The highest BCUT2D eigenvalue weighted by atomic mass is 79.9. The van der Waals surface area contributed by atoms with Crippen molar-refractivity contribution in [2.24, 2.45) is 0 Å². The van der Waals surface area contributed by atoms with Crippen molar-refractivity contribution >= 4 is 15.9 Å². The van der Waals surface area contributed by atoms with Gasteiger partial charge in [0.1, 0.15) is 5.75 Å². The average molecular weight is 321 g/mol. The van der Waals surface area contributed by atoms with Crippen molar-refractivity contribution in [2.45, 2.75) is 19.4 Å². The van der Waals surface area contributed by atoms with E-state index in [1.807, 2.05) is 49.4 Å². The number of aliphatic hydroxyl groups is 1. The Bertz CT molecular complexity index is 549. The van der Waals surface area contributed by atoms with Gasteiger partial charge >= 0.3 is 0 Å². The van der Waals surface area contributed by atoms with E-state index in [4.69, 9.17) is 4.74 Å². The van der Waals surface area contributed by atoms with Gasteiger partial charge in [0, 0.05) is 10.9 Å². The van der Waals surface area contributed by atoms with Crippen molar-refractivity contribution in [3.05, 3.63) is 63.6 Å². The number of ether oxygens (including phenoxy) is 1. The van der Waals surface area contributed by atoms with Crippen molar-refractivity contribution in [1.29, 1.82) is 0 Å². The van der Waals surface area contributed by atoms with Gasteiger partial charge < -0.3 is 9.84 Å². The normalized spacial score (nSPS) is 12.2. The molecule has 0 amide bonds. The van der Waals surface area contributed by atoms with Crippen LogP contribution in [0.15, 0.2) is 46.9 Å². The highest BCUT2D eigenvalue weighted by Gasteiger charge is 2.10. The maximum atomic E-state index is 10.3. The highest BCUT2D eigenvalue weighted by molar-refractivity contribution is 9.10. The second-order valence-electron chi connectivity index (χ2n) is 4.58. The number of aliphatic hydroxyl groups excluding tert-OH is 1. The summed E-state index contributed by atoms with van der Waals surface area (Å²) >= 11 is 3.40. The Labute approximate surface area is 122 Å². The predicted octanol–water partition coefficient (Wildman–Crippen LogP) is 4.04. The molecule has 1 N–H and O–H groups in total. The first kappa shape index (κ1) is 14.1. The van der Waals surface area contributed by atoms with Gasteiger partial charge in [0.2, 0.25) is 0 Å². The van der Waals surface area contributed by atoms with E-state index in [-0.39, 0.29) is 0 Å². The molecule has 0 aliphatic rings. The van der Waals surface area contributed by atoms with Gasteiger partial charge in [-0.3, -0.25) is 0 Å². The Balaban J connectivity index is 2.15. The van der Waals surface area contributed by atoms with Gasteiger partial charge in [0.05, 0.1) is 13.2 Å². The molecule has 3 heteroatoms. The molecule has 0 saturated carbocycles. The summed E-state index contributed by atoms with van der Waals surface area (Å²) in [5, 5.41) is 10.3. The molecule has 2 aromatic rings. The van der Waals surface area contributed by atoms with Crippen LogP contribution in [0, 0.1) is 6.92 Å². The quantitative estimate of drug-likeness (QED) is 0.921. The lowest BCUT2D eigenvalue weighted by Crippen LogP contribution is -2.02. The number of benzene rings is 2. The van der Waals surface area contributed by atoms with Crippen molar-refractivity contribution in [1.82, 2.24) is 0 Å². The number of aryl methyl sites for hydroxylation is 1. The molecule has 1 unspecified atom stereocenters. The molecule has 0 aromatic heterocycles. The Morgan fingerprint density at radius 3 is 2.47 bits per heavy atom. The van der Waals surface area contributed by atoms with Gasteiger partial charge in [-0.05, 0) is 41.8 Å². The van der Waals surface area contributed by atoms with Crippen molar-refractivity contribution in [2.75, 3.05) is 7.11 Å². The van der Waals surface area contributed by atoms with Gasteiger partial charge in [0.15, 0.2) is 0 Å². The molecule has 100 valence electrons. The molecule has 0 saturated heterocycles. The van der Waals surface area contributed by atoms with Crippen LogP contribution >= 0.6 is 15.9 Å². The molecule has 0 spiro atoms. The summed E-state index contributed by atoms with van der Waals surface area (Å²) < 4.78 is 6.33. The third-order valence-corrected chi connectivity index (χ3v) is 3.69. The molecule has 2 aromatic carbocycles. The maximum absolute atomic E-state index is 10.3. The molecular formula is C16H17BrO2. The largest absolute Gasteiger partial charge is 0.496 e. The van der Waals surface area contributed by atoms with Gasteiger partial charge in [0.25, 0.3) is 0 Å². The second-order valence-corrected chi connectivity index (χ2v) is 5.49. The van der Waals surface area contributed by atoms with Crippen molar-refractivity contribution in [3.8, 4) is 5.75 Å². The number of rotatable bonds is 4. The van der Waals surface area contributed by atoms with Crippen molar-refractivity contribution < 1.29 is 9.84 Å². The van der Waals surface area contributed by atoms with E-state index in [0.717, 1.165) is 26.9 Å². The van der Waals surface area contributed by atoms with E-state index in [2.05, 4.69) is 15.9 Å². The Kier molecular flexibility index (Phi) is 4.61. The minimum Gasteiger partial charge on any atom is -0.496 e. The molecule has 0 aliphatic carbocycles. The van der Waals surface area contributed by atoms with Gasteiger partial charge in [-0.2, -0.15) is 0 Å². The van der Waals surface area contributed by atoms with E-state index >= 15 is 0 Å². The van der Waals surface area contributed by atoms with E-state index in [1.165, 1.54) is 0 Å². The van der Waals surface area contributed by atoms with Crippen LogP contribution in [0.4, 0.5) is 0 Å². The van der Waals surface area contributed by atoms with Gasteiger partial charge in [-0.15, -0.1) is 0 Å². The fourth-order valence-electron chi connectivity index (χ4n) is 2.01. The van der Waals surface area contributed by atoms with Crippen LogP contribution in [0.25, 0.3) is 0 Å². The monoisotopic (exact) mass is 320 g/mol. The minimum atomic E-state index is -0.518. The van der Waals surface area contributed by atoms with Crippen LogP contribution in [0.5, 0.6) is 5.75 Å². The van der Waals surface area contributed by atoms with E-state index in [9.17, 15) is 5.11 Å². The third-order valence-electron chi connectivity index (χ3n) is 3.16. The highest BCUT2D eigenvalue weighted by Crippen LogP contribution is 2.25. The van der Waals surface area contributed by atoms with E-state index in [1.54, 1.807) is 7.11 Å². The summed E-state index contributed by atoms with van der Waals surface area (Å²) in [6, 6.07) is 13.8. The zero-order chi connectivity index (χ0) is 13.8. The zero-order valence-electron chi connectivity index (χ0n) is 11.1. The smallest absolute Gasteiger partial charge is 0.122 e. The van der Waals surface area contributed by atoms with Crippen LogP contribution in [0.3, 0.4) is 0 Å². The first-order valence-corrected chi connectivity index (χ1v) is 6.96. The first-order valence-electron chi connectivity index (χ1n) is 6.17. The van der Waals surface area contributed by atoms with Gasteiger partial charge in [-0.25, -0.2) is 0 Å². The lowest BCUT2D eigenvalue weighted by molar-refractivity contribution is 0.178. The predicted molar refractivity (Wildman–Crippen MR) is 80.5 cm³/mol. The lowest BCUT2D eigenvalue weighted by atomic mass is 10.00. The Morgan fingerprint density at radius 2 is 1.84 bits per heavy atom. The molecule has 0 radical (unpaired) electrons. The van der Waals surface area contributed by atoms with E-state index in [0.29, 0.717) is 6.42 Å². The SMILES string of the molecule is COc1cc(C(O)Cc2ccc(Br)cc2)ccc1C. The maximum Gasteiger partial charge on any atom is 0.122 e. The molecular weight excluding hydrogens is 304 g/mol. The second kappa shape index (κ2) is 6.22. The Hall–Kier alpha value is -1.32. The number of hydrogen-bond acceptors (Lipinski definition) is 2. The van der Waals surface area contributed by atoms with Crippen molar-refractivity contribution in [3.63, 3.8) is 0 Å². The summed E-state index contributed by atoms with van der Waals surface area (Å²) in [5.41, 5.74) is 3.06. The fraction of sp³-hybridized carbons (Fsp3) is 0.250. The third kappa shape index (κ3) is 3.58. The first-order chi connectivity index (χ1) is 9.10. The molecule has 0 aliphatic heterocycles. The summed E-state index contributed by atoms with van der Waals surface area (Å²) in [5.74, 6) is 0.812.